The number of ketones is 1. The van der Waals surface area contributed by atoms with E-state index in [9.17, 15) is 9.59 Å². The van der Waals surface area contributed by atoms with Crippen LogP contribution in [-0.2, 0) is 4.74 Å². The maximum atomic E-state index is 12.7. The minimum Gasteiger partial charge on any atom is -0.493 e. The van der Waals surface area contributed by atoms with Crippen molar-refractivity contribution in [2.24, 2.45) is 0 Å². The molecular formula is C22H22N2O4. The van der Waals surface area contributed by atoms with E-state index in [0.29, 0.717) is 5.56 Å². The maximum Gasteiger partial charge on any atom is 0.363 e. The van der Waals surface area contributed by atoms with Crippen molar-refractivity contribution in [1.29, 1.82) is 0 Å². The normalized spacial score (nSPS) is 11.7. The van der Waals surface area contributed by atoms with E-state index in [4.69, 9.17) is 9.47 Å². The molecule has 28 heavy (non-hydrogen) atoms. The molecule has 0 unspecified atom stereocenters. The molecule has 3 rings (SSSR count). The monoisotopic (exact) mass is 378 g/mol. The average molecular weight is 378 g/mol. The molecule has 0 aliphatic rings. The van der Waals surface area contributed by atoms with Crippen molar-refractivity contribution in [3.05, 3.63) is 77.1 Å². The van der Waals surface area contributed by atoms with Crippen LogP contribution in [0.25, 0.3) is 5.69 Å². The van der Waals surface area contributed by atoms with Crippen LogP contribution < -0.4 is 4.74 Å². The topological polar surface area (TPSA) is 70.4 Å². The van der Waals surface area contributed by atoms with Gasteiger partial charge in [0.2, 0.25) is 11.5 Å². The SMILES string of the molecule is COc1cn(-c2ccccc2)nc1C(=O)O[C@H](C)C(=O)c1cc(C)ccc1C. The minimum absolute atomic E-state index is 0.0203. The molecule has 1 aromatic heterocycles. The summed E-state index contributed by atoms with van der Waals surface area (Å²) in [6.07, 6.45) is 0.655. The third-order valence-electron chi connectivity index (χ3n) is 4.43. The van der Waals surface area contributed by atoms with Gasteiger partial charge in [0.05, 0.1) is 19.0 Å². The molecule has 6 heteroatoms. The molecule has 0 aliphatic carbocycles. The number of nitrogens with zero attached hydrogens (tertiary/aromatic N) is 2. The van der Waals surface area contributed by atoms with Gasteiger partial charge in [0.1, 0.15) is 0 Å². The van der Waals surface area contributed by atoms with Gasteiger partial charge in [0.15, 0.2) is 11.9 Å². The Kier molecular flexibility index (Phi) is 5.59. The van der Waals surface area contributed by atoms with Gasteiger partial charge in [0.25, 0.3) is 0 Å². The van der Waals surface area contributed by atoms with E-state index >= 15 is 0 Å². The molecule has 0 N–H and O–H groups in total. The second-order valence-electron chi connectivity index (χ2n) is 6.56. The molecule has 0 radical (unpaired) electrons. The van der Waals surface area contributed by atoms with E-state index in [-0.39, 0.29) is 17.2 Å². The summed E-state index contributed by atoms with van der Waals surface area (Å²) in [5.41, 5.74) is 3.15. The molecule has 2 aromatic carbocycles. The fourth-order valence-electron chi connectivity index (χ4n) is 2.85. The number of hydrogen-bond acceptors (Lipinski definition) is 5. The molecule has 0 amide bonds. The standard InChI is InChI=1S/C22H22N2O4/c1-14-10-11-15(2)18(12-14)21(25)16(3)28-22(26)20-19(27-4)13-24(23-20)17-8-6-5-7-9-17/h5-13,16H,1-4H3/t16-/m1/s1. The summed E-state index contributed by atoms with van der Waals surface area (Å²) in [4.78, 5) is 25.4. The van der Waals surface area contributed by atoms with Crippen molar-refractivity contribution in [3.8, 4) is 11.4 Å². The highest BCUT2D eigenvalue weighted by molar-refractivity contribution is 6.02. The molecule has 0 saturated heterocycles. The van der Waals surface area contributed by atoms with Crippen LogP contribution in [0.15, 0.2) is 54.7 Å². The predicted octanol–water partition coefficient (Wildman–Crippen LogP) is 3.93. The number of carbonyl (C=O) groups excluding carboxylic acids is 2. The van der Waals surface area contributed by atoms with Crippen LogP contribution in [0.5, 0.6) is 5.75 Å². The fraction of sp³-hybridized carbons (Fsp3) is 0.227. The van der Waals surface area contributed by atoms with Gasteiger partial charge in [-0.3, -0.25) is 4.79 Å². The second-order valence-corrected chi connectivity index (χ2v) is 6.56. The number of Topliss-reactive ketones (excluding diaryl/α,β-unsaturated/α-hetero) is 1. The first-order valence-electron chi connectivity index (χ1n) is 8.92. The zero-order valence-corrected chi connectivity index (χ0v) is 16.3. The molecule has 144 valence electrons. The molecule has 0 bridgehead atoms. The first-order valence-corrected chi connectivity index (χ1v) is 8.92. The van der Waals surface area contributed by atoms with E-state index in [2.05, 4.69) is 5.10 Å². The highest BCUT2D eigenvalue weighted by Crippen LogP contribution is 2.22. The number of hydrogen-bond donors (Lipinski definition) is 0. The van der Waals surface area contributed by atoms with Gasteiger partial charge in [-0.1, -0.05) is 35.9 Å². The number of aromatic nitrogens is 2. The number of methoxy groups -OCH3 is 1. The zero-order valence-electron chi connectivity index (χ0n) is 16.3. The maximum absolute atomic E-state index is 12.7. The largest absolute Gasteiger partial charge is 0.493 e. The van der Waals surface area contributed by atoms with Crippen LogP contribution in [0, 0.1) is 13.8 Å². The van der Waals surface area contributed by atoms with Crippen LogP contribution in [0.2, 0.25) is 0 Å². The lowest BCUT2D eigenvalue weighted by Gasteiger charge is -2.14. The van der Waals surface area contributed by atoms with Gasteiger partial charge in [-0.15, -0.1) is 0 Å². The number of para-hydroxylation sites is 1. The smallest absolute Gasteiger partial charge is 0.363 e. The van der Waals surface area contributed by atoms with E-state index in [0.717, 1.165) is 16.8 Å². The molecule has 0 saturated carbocycles. The average Bonchev–Trinajstić information content (AvgIpc) is 3.14. The highest BCUT2D eigenvalue weighted by Gasteiger charge is 2.26. The van der Waals surface area contributed by atoms with Crippen LogP contribution in [0.3, 0.4) is 0 Å². The number of esters is 1. The number of ether oxygens (including phenoxy) is 2. The lowest BCUT2D eigenvalue weighted by atomic mass is 9.99. The van der Waals surface area contributed by atoms with E-state index in [1.165, 1.54) is 11.8 Å². The third kappa shape index (κ3) is 3.96. The van der Waals surface area contributed by atoms with Crippen molar-refractivity contribution in [3.63, 3.8) is 0 Å². The Morgan fingerprint density at radius 2 is 1.79 bits per heavy atom. The van der Waals surface area contributed by atoms with Crippen molar-refractivity contribution in [2.75, 3.05) is 7.11 Å². The number of benzene rings is 2. The quantitative estimate of drug-likeness (QED) is 0.480. The van der Waals surface area contributed by atoms with Gasteiger partial charge in [-0.25, -0.2) is 9.48 Å². The molecule has 0 aliphatic heterocycles. The zero-order chi connectivity index (χ0) is 20.3. The summed E-state index contributed by atoms with van der Waals surface area (Å²) in [5, 5.41) is 4.27. The van der Waals surface area contributed by atoms with Crippen molar-refractivity contribution in [2.45, 2.75) is 26.9 Å². The third-order valence-corrected chi connectivity index (χ3v) is 4.43. The van der Waals surface area contributed by atoms with Gasteiger partial charge in [-0.2, -0.15) is 5.10 Å². The molecule has 0 fully saturated rings. The lowest BCUT2D eigenvalue weighted by molar-refractivity contribution is 0.0309. The van der Waals surface area contributed by atoms with Crippen LogP contribution in [-0.4, -0.2) is 34.7 Å². The molecule has 0 spiro atoms. The minimum atomic E-state index is -0.945. The van der Waals surface area contributed by atoms with E-state index < -0.39 is 12.1 Å². The van der Waals surface area contributed by atoms with Gasteiger partial charge in [0, 0.05) is 5.56 Å². The fourth-order valence-corrected chi connectivity index (χ4v) is 2.85. The Hall–Kier alpha value is -3.41. The van der Waals surface area contributed by atoms with Crippen LogP contribution >= 0.6 is 0 Å². The number of rotatable bonds is 6. The van der Waals surface area contributed by atoms with Gasteiger partial charge < -0.3 is 9.47 Å². The van der Waals surface area contributed by atoms with E-state index in [1.807, 2.05) is 56.3 Å². The molecule has 3 aromatic rings. The van der Waals surface area contributed by atoms with Gasteiger partial charge in [-0.05, 0) is 44.5 Å². The summed E-state index contributed by atoms with van der Waals surface area (Å²) < 4.78 is 12.2. The highest BCUT2D eigenvalue weighted by atomic mass is 16.5. The molecule has 1 heterocycles. The number of carbonyl (C=O) groups is 2. The molecular weight excluding hydrogens is 356 g/mol. The van der Waals surface area contributed by atoms with Crippen molar-refractivity contribution in [1.82, 2.24) is 9.78 Å². The molecule has 6 nitrogen and oxygen atoms in total. The second kappa shape index (κ2) is 8.08. The Morgan fingerprint density at radius 3 is 2.46 bits per heavy atom. The summed E-state index contributed by atoms with van der Waals surface area (Å²) in [6, 6.07) is 14.9. The first-order chi connectivity index (χ1) is 13.4. The van der Waals surface area contributed by atoms with E-state index in [1.54, 1.807) is 19.2 Å². The summed E-state index contributed by atoms with van der Waals surface area (Å²) in [6.45, 7) is 5.32. The van der Waals surface area contributed by atoms with Crippen molar-refractivity contribution >= 4 is 11.8 Å². The Labute approximate surface area is 163 Å². The Bertz CT molecular complexity index is 1010. The summed E-state index contributed by atoms with van der Waals surface area (Å²) in [7, 11) is 1.45. The van der Waals surface area contributed by atoms with Crippen LogP contribution in [0.4, 0.5) is 0 Å². The molecule has 1 atom stereocenters. The predicted molar refractivity (Wildman–Crippen MR) is 105 cm³/mol. The first kappa shape index (κ1) is 19.4. The van der Waals surface area contributed by atoms with Gasteiger partial charge >= 0.3 is 5.97 Å². The van der Waals surface area contributed by atoms with Crippen molar-refractivity contribution < 1.29 is 19.1 Å². The summed E-state index contributed by atoms with van der Waals surface area (Å²) in [5.74, 6) is -0.686. The summed E-state index contributed by atoms with van der Waals surface area (Å²) >= 11 is 0. The Balaban J connectivity index is 1.81. The lowest BCUT2D eigenvalue weighted by Crippen LogP contribution is -2.25. The Morgan fingerprint density at radius 1 is 1.07 bits per heavy atom. The number of aryl methyl sites for hydroxylation is 2. The van der Waals surface area contributed by atoms with Crippen LogP contribution in [0.1, 0.15) is 38.9 Å².